The Morgan fingerprint density at radius 3 is 2.82 bits per heavy atom. The van der Waals surface area contributed by atoms with Crippen molar-refractivity contribution in [3.8, 4) is 0 Å². The van der Waals surface area contributed by atoms with Crippen molar-refractivity contribution in [2.45, 2.75) is 52.0 Å². The summed E-state index contributed by atoms with van der Waals surface area (Å²) >= 11 is 0. The zero-order valence-electron chi connectivity index (χ0n) is 10.9. The first-order valence-corrected chi connectivity index (χ1v) is 6.57. The second-order valence-corrected chi connectivity index (χ2v) is 5.99. The van der Waals surface area contributed by atoms with Gasteiger partial charge >= 0.3 is 0 Å². The van der Waals surface area contributed by atoms with Gasteiger partial charge in [-0.1, -0.05) is 44.5 Å². The molecule has 1 fully saturated rings. The third kappa shape index (κ3) is 3.08. The molecule has 1 saturated carbocycles. The molecule has 0 aliphatic heterocycles. The molecule has 0 spiro atoms. The molecule has 0 saturated heterocycles. The molecule has 1 atom stereocenters. The average Bonchev–Trinajstić information content (AvgIpc) is 2.29. The lowest BCUT2D eigenvalue weighted by molar-refractivity contribution is 0.160. The Hall–Kier alpha value is -0.860. The molecule has 1 aromatic carbocycles. The molecule has 2 heteroatoms. The summed E-state index contributed by atoms with van der Waals surface area (Å²) in [6.07, 6.45) is 5.20. The molecule has 1 aliphatic rings. The van der Waals surface area contributed by atoms with Crippen molar-refractivity contribution in [3.05, 3.63) is 35.4 Å². The molecule has 94 valence electrons. The lowest BCUT2D eigenvalue weighted by atomic mass is 9.69. The smallest absolute Gasteiger partial charge is 0.0460 e. The van der Waals surface area contributed by atoms with E-state index in [1.54, 1.807) is 0 Å². The van der Waals surface area contributed by atoms with Crippen LogP contribution < -0.4 is 5.48 Å². The van der Waals surface area contributed by atoms with Crippen molar-refractivity contribution in [1.29, 1.82) is 0 Å². The van der Waals surface area contributed by atoms with E-state index in [4.69, 9.17) is 5.21 Å². The third-order valence-corrected chi connectivity index (χ3v) is 3.97. The van der Waals surface area contributed by atoms with Crippen LogP contribution >= 0.6 is 0 Å². The molecule has 0 amide bonds. The highest BCUT2D eigenvalue weighted by Gasteiger charge is 2.29. The highest BCUT2D eigenvalue weighted by atomic mass is 16.5. The number of nitrogens with one attached hydrogen (secondary N) is 1. The van der Waals surface area contributed by atoms with Gasteiger partial charge < -0.3 is 5.21 Å². The van der Waals surface area contributed by atoms with Crippen LogP contribution in [0.15, 0.2) is 24.3 Å². The van der Waals surface area contributed by atoms with Crippen LogP contribution in [0.3, 0.4) is 0 Å². The molecule has 2 rings (SSSR count). The van der Waals surface area contributed by atoms with Crippen molar-refractivity contribution in [2.24, 2.45) is 5.41 Å². The second-order valence-electron chi connectivity index (χ2n) is 5.99. The first-order valence-electron chi connectivity index (χ1n) is 6.57. The SMILES string of the molecule is CC1(C)CCCC(c2ccccc2CNO)C1. The van der Waals surface area contributed by atoms with E-state index in [1.165, 1.54) is 36.8 Å². The minimum atomic E-state index is 0.461. The number of rotatable bonds is 3. The van der Waals surface area contributed by atoms with Gasteiger partial charge in [-0.05, 0) is 41.7 Å². The fourth-order valence-corrected chi connectivity index (χ4v) is 3.14. The quantitative estimate of drug-likeness (QED) is 0.777. The Morgan fingerprint density at radius 1 is 1.35 bits per heavy atom. The molecule has 0 heterocycles. The van der Waals surface area contributed by atoms with Gasteiger partial charge in [0.2, 0.25) is 0 Å². The van der Waals surface area contributed by atoms with E-state index >= 15 is 0 Å². The fraction of sp³-hybridized carbons (Fsp3) is 0.600. The third-order valence-electron chi connectivity index (χ3n) is 3.97. The number of benzene rings is 1. The molecule has 1 aliphatic carbocycles. The molecule has 0 aromatic heterocycles. The van der Waals surface area contributed by atoms with Gasteiger partial charge in [-0.15, -0.1) is 0 Å². The highest BCUT2D eigenvalue weighted by molar-refractivity contribution is 5.31. The molecule has 17 heavy (non-hydrogen) atoms. The standard InChI is InChI=1S/C15H23NO/c1-15(2)9-5-7-12(10-15)14-8-4-3-6-13(14)11-16-17/h3-4,6,8,12,16-17H,5,7,9-11H2,1-2H3. The van der Waals surface area contributed by atoms with Crippen LogP contribution in [0, 0.1) is 5.41 Å². The predicted molar refractivity (Wildman–Crippen MR) is 70.1 cm³/mol. The predicted octanol–water partition coefficient (Wildman–Crippen LogP) is 3.85. The Balaban J connectivity index is 2.21. The summed E-state index contributed by atoms with van der Waals surface area (Å²) in [5.74, 6) is 0.656. The second kappa shape index (κ2) is 5.19. The zero-order valence-corrected chi connectivity index (χ0v) is 10.9. The molecule has 2 N–H and O–H groups in total. The van der Waals surface area contributed by atoms with Crippen LogP contribution in [0.25, 0.3) is 0 Å². The van der Waals surface area contributed by atoms with E-state index in [-0.39, 0.29) is 0 Å². The molecule has 2 nitrogen and oxygen atoms in total. The van der Waals surface area contributed by atoms with Gasteiger partial charge in [0.25, 0.3) is 0 Å². The first kappa shape index (κ1) is 12.6. The van der Waals surface area contributed by atoms with Crippen LogP contribution in [0.5, 0.6) is 0 Å². The fourth-order valence-electron chi connectivity index (χ4n) is 3.14. The maximum absolute atomic E-state index is 8.90. The molecular weight excluding hydrogens is 210 g/mol. The van der Waals surface area contributed by atoms with E-state index in [0.29, 0.717) is 17.9 Å². The van der Waals surface area contributed by atoms with E-state index in [2.05, 4.69) is 37.5 Å². The number of hydrogen-bond donors (Lipinski definition) is 2. The van der Waals surface area contributed by atoms with Gasteiger partial charge in [0, 0.05) is 6.54 Å². The topological polar surface area (TPSA) is 32.3 Å². The maximum Gasteiger partial charge on any atom is 0.0460 e. The summed E-state index contributed by atoms with van der Waals surface area (Å²) in [5.41, 5.74) is 5.40. The number of hydroxylamine groups is 1. The van der Waals surface area contributed by atoms with Crippen LogP contribution in [-0.4, -0.2) is 5.21 Å². The summed E-state index contributed by atoms with van der Waals surface area (Å²) in [5, 5.41) is 8.90. The van der Waals surface area contributed by atoms with Crippen molar-refractivity contribution in [1.82, 2.24) is 5.48 Å². The average molecular weight is 233 g/mol. The minimum Gasteiger partial charge on any atom is -0.316 e. The van der Waals surface area contributed by atoms with Crippen molar-refractivity contribution in [3.63, 3.8) is 0 Å². The largest absolute Gasteiger partial charge is 0.316 e. The number of hydrogen-bond acceptors (Lipinski definition) is 2. The lowest BCUT2D eigenvalue weighted by Crippen LogP contribution is -2.22. The van der Waals surface area contributed by atoms with Gasteiger partial charge in [0.1, 0.15) is 0 Å². The van der Waals surface area contributed by atoms with E-state index in [0.717, 1.165) is 0 Å². The summed E-state index contributed by atoms with van der Waals surface area (Å²) < 4.78 is 0. The normalized spacial score (nSPS) is 23.6. The summed E-state index contributed by atoms with van der Waals surface area (Å²) in [6, 6.07) is 8.49. The molecular formula is C15H23NO. The first-order chi connectivity index (χ1) is 8.12. The minimum absolute atomic E-state index is 0.461. The zero-order chi connectivity index (χ0) is 12.3. The van der Waals surface area contributed by atoms with Gasteiger partial charge in [-0.2, -0.15) is 0 Å². The van der Waals surface area contributed by atoms with E-state index < -0.39 is 0 Å². The monoisotopic (exact) mass is 233 g/mol. The van der Waals surface area contributed by atoms with Crippen LogP contribution in [0.4, 0.5) is 0 Å². The Bertz CT molecular complexity index is 373. The van der Waals surface area contributed by atoms with E-state index in [1.807, 2.05) is 6.07 Å². The van der Waals surface area contributed by atoms with Crippen LogP contribution in [0.2, 0.25) is 0 Å². The van der Waals surface area contributed by atoms with Crippen LogP contribution in [0.1, 0.15) is 56.6 Å². The van der Waals surface area contributed by atoms with Gasteiger partial charge in [-0.3, -0.25) is 0 Å². The summed E-state index contributed by atoms with van der Waals surface area (Å²) in [6.45, 7) is 5.28. The molecule has 0 radical (unpaired) electrons. The van der Waals surface area contributed by atoms with Crippen molar-refractivity contribution < 1.29 is 5.21 Å². The molecule has 1 unspecified atom stereocenters. The van der Waals surface area contributed by atoms with Gasteiger partial charge in [-0.25, -0.2) is 5.48 Å². The maximum atomic E-state index is 8.90. The van der Waals surface area contributed by atoms with Crippen LogP contribution in [-0.2, 0) is 6.54 Å². The molecule has 1 aromatic rings. The summed E-state index contributed by atoms with van der Waals surface area (Å²) in [7, 11) is 0. The molecule has 0 bridgehead atoms. The Morgan fingerprint density at radius 2 is 2.12 bits per heavy atom. The van der Waals surface area contributed by atoms with Crippen molar-refractivity contribution >= 4 is 0 Å². The highest BCUT2D eigenvalue weighted by Crippen LogP contribution is 2.44. The Kier molecular flexibility index (Phi) is 3.85. The van der Waals surface area contributed by atoms with E-state index in [9.17, 15) is 0 Å². The summed E-state index contributed by atoms with van der Waals surface area (Å²) in [4.78, 5) is 0. The van der Waals surface area contributed by atoms with Crippen molar-refractivity contribution in [2.75, 3.05) is 0 Å². The van der Waals surface area contributed by atoms with Gasteiger partial charge in [0.15, 0.2) is 0 Å². The Labute approximate surface area is 104 Å². The van der Waals surface area contributed by atoms with Gasteiger partial charge in [0.05, 0.1) is 0 Å². The lowest BCUT2D eigenvalue weighted by Gasteiger charge is -2.36.